The summed E-state index contributed by atoms with van der Waals surface area (Å²) in [5.41, 5.74) is 1.23. The minimum atomic E-state index is 0.150. The zero-order valence-corrected chi connectivity index (χ0v) is 9.36. The van der Waals surface area contributed by atoms with Gasteiger partial charge in [0.05, 0.1) is 6.54 Å². The first kappa shape index (κ1) is 10.1. The molecule has 0 aliphatic carbocycles. The van der Waals surface area contributed by atoms with Crippen molar-refractivity contribution in [2.45, 2.75) is 12.3 Å². The van der Waals surface area contributed by atoms with Gasteiger partial charge >= 0.3 is 0 Å². The van der Waals surface area contributed by atoms with Crippen molar-refractivity contribution in [1.82, 2.24) is 9.66 Å². The summed E-state index contributed by atoms with van der Waals surface area (Å²) < 4.78 is 1.76. The standard InChI is InChI=1S/C13H13N3O/c17-13-8-12(11-4-2-1-3-5-11)9-16(13)15-7-6-14-10-15/h1-7,10,12H,8-9H2. The summed E-state index contributed by atoms with van der Waals surface area (Å²) in [6.45, 7) is 0.721. The highest BCUT2D eigenvalue weighted by Crippen LogP contribution is 2.26. The van der Waals surface area contributed by atoms with Crippen LogP contribution >= 0.6 is 0 Å². The Morgan fingerprint density at radius 3 is 2.76 bits per heavy atom. The average molecular weight is 227 g/mol. The molecule has 86 valence electrons. The number of amides is 1. The summed E-state index contributed by atoms with van der Waals surface area (Å²) in [5.74, 6) is 0.433. The third-order valence-corrected chi connectivity index (χ3v) is 3.14. The van der Waals surface area contributed by atoms with Crippen LogP contribution in [0.4, 0.5) is 0 Å². The topological polar surface area (TPSA) is 38.1 Å². The monoisotopic (exact) mass is 227 g/mol. The average Bonchev–Trinajstić information content (AvgIpc) is 2.99. The summed E-state index contributed by atoms with van der Waals surface area (Å²) in [6, 6.07) is 10.2. The van der Waals surface area contributed by atoms with Crippen LogP contribution in [-0.4, -0.2) is 22.1 Å². The molecule has 17 heavy (non-hydrogen) atoms. The van der Waals surface area contributed by atoms with Crippen molar-refractivity contribution in [1.29, 1.82) is 0 Å². The van der Waals surface area contributed by atoms with E-state index in [4.69, 9.17) is 0 Å². The Kier molecular flexibility index (Phi) is 2.40. The van der Waals surface area contributed by atoms with E-state index in [0.29, 0.717) is 6.42 Å². The summed E-state index contributed by atoms with van der Waals surface area (Å²) in [4.78, 5) is 15.9. The Balaban J connectivity index is 1.83. The van der Waals surface area contributed by atoms with E-state index in [-0.39, 0.29) is 11.8 Å². The van der Waals surface area contributed by atoms with Crippen LogP contribution in [0.25, 0.3) is 0 Å². The first-order valence-electron chi connectivity index (χ1n) is 5.68. The fourth-order valence-corrected chi connectivity index (χ4v) is 2.26. The number of benzene rings is 1. The number of carbonyl (C=O) groups excluding carboxylic acids is 1. The molecule has 0 spiro atoms. The van der Waals surface area contributed by atoms with Gasteiger partial charge in [-0.05, 0) is 5.56 Å². The zero-order chi connectivity index (χ0) is 11.7. The Labute approximate surface area is 99.5 Å². The molecule has 1 saturated heterocycles. The molecule has 1 amide bonds. The second-order valence-electron chi connectivity index (χ2n) is 4.23. The fraction of sp³-hybridized carbons (Fsp3) is 0.231. The van der Waals surface area contributed by atoms with E-state index in [2.05, 4.69) is 17.1 Å². The maximum Gasteiger partial charge on any atom is 0.242 e. The van der Waals surface area contributed by atoms with Crippen LogP contribution in [0.2, 0.25) is 0 Å². The van der Waals surface area contributed by atoms with Crippen LogP contribution < -0.4 is 5.01 Å². The third-order valence-electron chi connectivity index (χ3n) is 3.14. The molecule has 1 aromatic heterocycles. The van der Waals surface area contributed by atoms with Crippen molar-refractivity contribution in [2.24, 2.45) is 0 Å². The predicted octanol–water partition coefficient (Wildman–Crippen LogP) is 1.54. The van der Waals surface area contributed by atoms with Crippen molar-refractivity contribution in [2.75, 3.05) is 11.6 Å². The predicted molar refractivity (Wildman–Crippen MR) is 64.1 cm³/mol. The zero-order valence-electron chi connectivity index (χ0n) is 9.36. The van der Waals surface area contributed by atoms with Crippen molar-refractivity contribution in [3.63, 3.8) is 0 Å². The van der Waals surface area contributed by atoms with E-state index in [0.717, 1.165) is 6.54 Å². The van der Waals surface area contributed by atoms with Crippen LogP contribution in [0.5, 0.6) is 0 Å². The van der Waals surface area contributed by atoms with E-state index in [1.807, 2.05) is 18.2 Å². The largest absolute Gasteiger partial charge is 0.273 e. The maximum absolute atomic E-state index is 11.9. The Bertz CT molecular complexity index is 507. The van der Waals surface area contributed by atoms with Crippen LogP contribution in [-0.2, 0) is 4.79 Å². The number of imidazole rings is 1. The summed E-state index contributed by atoms with van der Waals surface area (Å²) >= 11 is 0. The lowest BCUT2D eigenvalue weighted by atomic mass is 9.99. The minimum absolute atomic E-state index is 0.150. The molecule has 2 aromatic rings. The molecule has 1 aromatic carbocycles. The van der Waals surface area contributed by atoms with E-state index in [1.54, 1.807) is 28.4 Å². The van der Waals surface area contributed by atoms with E-state index in [9.17, 15) is 4.79 Å². The van der Waals surface area contributed by atoms with Crippen molar-refractivity contribution < 1.29 is 4.79 Å². The van der Waals surface area contributed by atoms with Crippen molar-refractivity contribution in [3.8, 4) is 0 Å². The normalized spacial score (nSPS) is 19.9. The highest BCUT2D eigenvalue weighted by molar-refractivity contribution is 5.89. The van der Waals surface area contributed by atoms with Gasteiger partial charge in [-0.2, -0.15) is 0 Å². The smallest absolute Gasteiger partial charge is 0.242 e. The third kappa shape index (κ3) is 1.82. The molecule has 1 aliphatic rings. The van der Waals surface area contributed by atoms with Crippen LogP contribution in [0, 0.1) is 0 Å². The van der Waals surface area contributed by atoms with Gasteiger partial charge in [-0.15, -0.1) is 0 Å². The van der Waals surface area contributed by atoms with Gasteiger partial charge in [-0.1, -0.05) is 30.3 Å². The van der Waals surface area contributed by atoms with Gasteiger partial charge in [-0.25, -0.2) is 14.7 Å². The SMILES string of the molecule is O=C1CC(c2ccccc2)CN1n1ccnc1. The number of aromatic nitrogens is 2. The molecule has 3 rings (SSSR count). The molecule has 1 unspecified atom stereocenters. The number of nitrogens with zero attached hydrogens (tertiary/aromatic N) is 3. The molecule has 0 saturated carbocycles. The molecule has 1 fully saturated rings. The van der Waals surface area contributed by atoms with Gasteiger partial charge in [0.1, 0.15) is 6.33 Å². The van der Waals surface area contributed by atoms with Gasteiger partial charge in [0.15, 0.2) is 0 Å². The van der Waals surface area contributed by atoms with E-state index in [1.165, 1.54) is 5.56 Å². The maximum atomic E-state index is 11.9. The number of hydrogen-bond acceptors (Lipinski definition) is 2. The van der Waals surface area contributed by atoms with Gasteiger partial charge in [0.25, 0.3) is 0 Å². The number of carbonyl (C=O) groups is 1. The quantitative estimate of drug-likeness (QED) is 0.780. The van der Waals surface area contributed by atoms with Crippen LogP contribution in [0.1, 0.15) is 17.9 Å². The molecule has 1 aliphatic heterocycles. The summed E-state index contributed by atoms with van der Waals surface area (Å²) in [5, 5.41) is 1.74. The van der Waals surface area contributed by atoms with Crippen LogP contribution in [0.3, 0.4) is 0 Å². The molecule has 4 nitrogen and oxygen atoms in total. The highest BCUT2D eigenvalue weighted by atomic mass is 16.2. The molecule has 0 N–H and O–H groups in total. The summed E-state index contributed by atoms with van der Waals surface area (Å²) in [6.07, 6.45) is 5.71. The van der Waals surface area contributed by atoms with Crippen molar-refractivity contribution >= 4 is 5.91 Å². The minimum Gasteiger partial charge on any atom is -0.273 e. The van der Waals surface area contributed by atoms with Gasteiger partial charge in [0.2, 0.25) is 5.91 Å². The first-order valence-corrected chi connectivity index (χ1v) is 5.68. The van der Waals surface area contributed by atoms with Gasteiger partial charge < -0.3 is 0 Å². The molecule has 1 atom stereocenters. The summed E-state index contributed by atoms with van der Waals surface area (Å²) in [7, 11) is 0. The van der Waals surface area contributed by atoms with Crippen molar-refractivity contribution in [3.05, 3.63) is 54.6 Å². The second-order valence-corrected chi connectivity index (χ2v) is 4.23. The molecule has 2 heterocycles. The second kappa shape index (κ2) is 4.05. The Hall–Kier alpha value is -2.10. The molecular formula is C13H13N3O. The van der Waals surface area contributed by atoms with E-state index < -0.39 is 0 Å². The number of hydrogen-bond donors (Lipinski definition) is 0. The Morgan fingerprint density at radius 2 is 2.06 bits per heavy atom. The first-order chi connectivity index (χ1) is 8.34. The molecular weight excluding hydrogens is 214 g/mol. The lowest BCUT2D eigenvalue weighted by Crippen LogP contribution is -2.34. The molecule has 0 radical (unpaired) electrons. The molecule has 0 bridgehead atoms. The van der Waals surface area contributed by atoms with Gasteiger partial charge in [0, 0.05) is 24.7 Å². The number of rotatable bonds is 2. The van der Waals surface area contributed by atoms with Gasteiger partial charge in [-0.3, -0.25) is 4.79 Å². The lowest BCUT2D eigenvalue weighted by Gasteiger charge is -2.17. The van der Waals surface area contributed by atoms with Crippen LogP contribution in [0.15, 0.2) is 49.1 Å². The van der Waals surface area contributed by atoms with E-state index >= 15 is 0 Å². The Morgan fingerprint density at radius 1 is 1.24 bits per heavy atom. The lowest BCUT2D eigenvalue weighted by molar-refractivity contribution is -0.118. The fourth-order valence-electron chi connectivity index (χ4n) is 2.26. The molecule has 4 heteroatoms. The highest BCUT2D eigenvalue weighted by Gasteiger charge is 2.31.